The predicted octanol–water partition coefficient (Wildman–Crippen LogP) is 3.52. The first kappa shape index (κ1) is 17.1. The van der Waals surface area contributed by atoms with E-state index in [1.54, 1.807) is 17.7 Å². The molecule has 7 heteroatoms. The van der Waals surface area contributed by atoms with Gasteiger partial charge in [-0.1, -0.05) is 24.3 Å². The second-order valence-corrected chi connectivity index (χ2v) is 8.03. The highest BCUT2D eigenvalue weighted by atomic mass is 32.1. The number of aromatic nitrogens is 3. The normalized spacial score (nSPS) is 16.9. The van der Waals surface area contributed by atoms with Crippen molar-refractivity contribution in [2.45, 2.75) is 18.9 Å². The molecule has 2 aromatic carbocycles. The van der Waals surface area contributed by atoms with Crippen LogP contribution in [0.4, 0.5) is 0 Å². The van der Waals surface area contributed by atoms with E-state index >= 15 is 0 Å². The first-order valence-electron chi connectivity index (χ1n) is 9.26. The summed E-state index contributed by atoms with van der Waals surface area (Å²) < 4.78 is 2.58. The Labute approximate surface area is 165 Å². The molecule has 0 aliphatic carbocycles. The number of thiazole rings is 1. The Morgan fingerprint density at radius 3 is 2.64 bits per heavy atom. The first-order chi connectivity index (χ1) is 13.6. The van der Waals surface area contributed by atoms with Crippen LogP contribution in [0, 0.1) is 0 Å². The number of carbonyl (C=O) groups excluding carboxylic acids is 1. The van der Waals surface area contributed by atoms with Crippen molar-refractivity contribution in [3.8, 4) is 0 Å². The highest BCUT2D eigenvalue weighted by Gasteiger charge is 2.34. The van der Waals surface area contributed by atoms with Crippen molar-refractivity contribution in [2.24, 2.45) is 7.05 Å². The highest BCUT2D eigenvalue weighted by molar-refractivity contribution is 7.20. The molecule has 2 aromatic heterocycles. The lowest BCUT2D eigenvalue weighted by Gasteiger charge is -2.25. The van der Waals surface area contributed by atoms with Crippen LogP contribution in [0.25, 0.3) is 21.1 Å². The van der Waals surface area contributed by atoms with Gasteiger partial charge in [0.2, 0.25) is 0 Å². The third kappa shape index (κ3) is 2.62. The number of nitrogens with zero attached hydrogens (tertiary/aromatic N) is 4. The van der Waals surface area contributed by atoms with Crippen LogP contribution in [0.2, 0.25) is 0 Å². The number of hydrogen-bond acceptors (Lipinski definition) is 5. The summed E-state index contributed by atoms with van der Waals surface area (Å²) >= 11 is 1.41. The van der Waals surface area contributed by atoms with Gasteiger partial charge in [0.1, 0.15) is 5.82 Å². The minimum absolute atomic E-state index is 0.0834. The van der Waals surface area contributed by atoms with E-state index in [4.69, 9.17) is 4.98 Å². The summed E-state index contributed by atoms with van der Waals surface area (Å²) in [5.74, 6) is 0.543. The summed E-state index contributed by atoms with van der Waals surface area (Å²) in [6.45, 7) is 0.641. The van der Waals surface area contributed by atoms with Crippen LogP contribution in [0.15, 0.2) is 53.3 Å². The van der Waals surface area contributed by atoms with Crippen molar-refractivity contribution >= 4 is 38.4 Å². The van der Waals surface area contributed by atoms with Crippen LogP contribution >= 0.6 is 11.3 Å². The Balaban J connectivity index is 1.57. The summed E-state index contributed by atoms with van der Waals surface area (Å²) in [5, 5.41) is 1.08. The molecule has 140 valence electrons. The zero-order valence-electron chi connectivity index (χ0n) is 15.3. The van der Waals surface area contributed by atoms with Gasteiger partial charge in [-0.2, -0.15) is 0 Å². The van der Waals surface area contributed by atoms with Crippen LogP contribution in [-0.2, 0) is 7.05 Å². The molecule has 5 rings (SSSR count). The Kier molecular flexibility index (Phi) is 3.98. The van der Waals surface area contributed by atoms with E-state index in [1.165, 1.54) is 11.3 Å². The predicted molar refractivity (Wildman–Crippen MR) is 110 cm³/mol. The lowest BCUT2D eigenvalue weighted by atomic mass is 10.1. The molecule has 28 heavy (non-hydrogen) atoms. The third-order valence-electron chi connectivity index (χ3n) is 5.31. The second-order valence-electron chi connectivity index (χ2n) is 6.99. The third-order valence-corrected chi connectivity index (χ3v) is 6.33. The van der Waals surface area contributed by atoms with Crippen molar-refractivity contribution in [1.29, 1.82) is 0 Å². The van der Waals surface area contributed by atoms with Crippen molar-refractivity contribution in [3.63, 3.8) is 0 Å². The molecular weight excluding hydrogens is 372 g/mol. The number of rotatable bonds is 2. The van der Waals surface area contributed by atoms with Gasteiger partial charge in [0.15, 0.2) is 5.01 Å². The lowest BCUT2D eigenvalue weighted by molar-refractivity contribution is 0.0727. The minimum Gasteiger partial charge on any atom is -0.326 e. The smallest absolute Gasteiger partial charge is 0.283 e. The zero-order valence-corrected chi connectivity index (χ0v) is 16.1. The molecule has 0 bridgehead atoms. The summed E-state index contributed by atoms with van der Waals surface area (Å²) in [4.78, 5) is 37.1. The fraction of sp³-hybridized carbons (Fsp3) is 0.238. The van der Waals surface area contributed by atoms with E-state index in [0.717, 1.165) is 23.1 Å². The van der Waals surface area contributed by atoms with E-state index in [-0.39, 0.29) is 17.5 Å². The Bertz CT molecular complexity index is 1240. The molecule has 6 nitrogen and oxygen atoms in total. The molecule has 1 saturated heterocycles. The molecule has 0 N–H and O–H groups in total. The number of fused-ring (bicyclic) bond motifs is 2. The molecular formula is C21H18N4O2S. The molecule has 1 atom stereocenters. The molecule has 0 spiro atoms. The van der Waals surface area contributed by atoms with Gasteiger partial charge in [0.25, 0.3) is 11.5 Å². The molecule has 1 aliphatic rings. The van der Waals surface area contributed by atoms with Crippen molar-refractivity contribution < 1.29 is 4.79 Å². The van der Waals surface area contributed by atoms with Crippen LogP contribution < -0.4 is 5.56 Å². The van der Waals surface area contributed by atoms with E-state index in [1.807, 2.05) is 47.4 Å². The minimum atomic E-state index is -0.221. The fourth-order valence-electron chi connectivity index (χ4n) is 3.90. The fourth-order valence-corrected chi connectivity index (χ4v) is 4.82. The Morgan fingerprint density at radius 2 is 1.82 bits per heavy atom. The van der Waals surface area contributed by atoms with E-state index in [2.05, 4.69) is 4.98 Å². The molecule has 4 aromatic rings. The summed E-state index contributed by atoms with van der Waals surface area (Å²) in [7, 11) is 1.73. The molecule has 1 unspecified atom stereocenters. The molecule has 1 fully saturated rings. The zero-order chi connectivity index (χ0) is 19.3. The van der Waals surface area contributed by atoms with Gasteiger partial charge in [-0.05, 0) is 37.1 Å². The quantitative estimate of drug-likeness (QED) is 0.525. The number of amides is 1. The summed E-state index contributed by atoms with van der Waals surface area (Å²) in [6, 6.07) is 14.9. The van der Waals surface area contributed by atoms with Gasteiger partial charge < -0.3 is 4.90 Å². The van der Waals surface area contributed by atoms with E-state index in [9.17, 15) is 9.59 Å². The van der Waals surface area contributed by atoms with Crippen LogP contribution in [0.5, 0.6) is 0 Å². The summed E-state index contributed by atoms with van der Waals surface area (Å²) in [5.41, 5.74) is 1.42. The maximum atomic E-state index is 13.2. The van der Waals surface area contributed by atoms with Gasteiger partial charge in [0.05, 0.1) is 27.2 Å². The average Bonchev–Trinajstić information content (AvgIpc) is 3.37. The second kappa shape index (κ2) is 6.53. The lowest BCUT2D eigenvalue weighted by Crippen LogP contribution is -2.34. The summed E-state index contributed by atoms with van der Waals surface area (Å²) in [6.07, 6.45) is 1.67. The van der Waals surface area contributed by atoms with Crippen molar-refractivity contribution in [2.75, 3.05) is 6.54 Å². The number of hydrogen-bond donors (Lipinski definition) is 0. The maximum Gasteiger partial charge on any atom is 0.283 e. The number of carbonyl (C=O) groups is 1. The number of benzene rings is 2. The standard InChI is InChI=1S/C21H18N4O2S/c1-24-18(22-14-8-3-2-7-13(14)20(24)26)16-10-6-12-25(16)21(27)19-23-15-9-4-5-11-17(15)28-19/h2-5,7-9,11,16H,6,10,12H2,1H3. The van der Waals surface area contributed by atoms with Gasteiger partial charge >= 0.3 is 0 Å². The molecule has 1 amide bonds. The van der Waals surface area contributed by atoms with Gasteiger partial charge in [-0.15, -0.1) is 11.3 Å². The molecule has 0 saturated carbocycles. The van der Waals surface area contributed by atoms with Gasteiger partial charge in [-0.25, -0.2) is 9.97 Å². The largest absolute Gasteiger partial charge is 0.326 e. The highest BCUT2D eigenvalue weighted by Crippen LogP contribution is 2.33. The van der Waals surface area contributed by atoms with Crippen LogP contribution in [0.1, 0.15) is 34.5 Å². The topological polar surface area (TPSA) is 68.1 Å². The molecule has 0 radical (unpaired) electrons. The monoisotopic (exact) mass is 390 g/mol. The number of para-hydroxylation sites is 2. The molecule has 3 heterocycles. The van der Waals surface area contributed by atoms with Gasteiger partial charge in [0, 0.05) is 13.6 Å². The Morgan fingerprint density at radius 1 is 1.07 bits per heavy atom. The van der Waals surface area contributed by atoms with Crippen molar-refractivity contribution in [3.05, 3.63) is 69.7 Å². The van der Waals surface area contributed by atoms with Crippen molar-refractivity contribution in [1.82, 2.24) is 19.4 Å². The first-order valence-corrected chi connectivity index (χ1v) is 10.1. The average molecular weight is 390 g/mol. The van der Waals surface area contributed by atoms with Gasteiger partial charge in [-0.3, -0.25) is 14.2 Å². The molecule has 1 aliphatic heterocycles. The maximum absolute atomic E-state index is 13.2. The van der Waals surface area contributed by atoms with E-state index < -0.39 is 0 Å². The van der Waals surface area contributed by atoms with Crippen LogP contribution in [0.3, 0.4) is 0 Å². The number of likely N-dealkylation sites (tertiary alicyclic amines) is 1. The Hall–Kier alpha value is -3.06. The van der Waals surface area contributed by atoms with Crippen LogP contribution in [-0.4, -0.2) is 31.9 Å². The van der Waals surface area contributed by atoms with E-state index in [0.29, 0.717) is 28.3 Å². The SMILES string of the molecule is Cn1c(C2CCCN2C(=O)c2nc3ccccc3s2)nc2ccccc2c1=O.